The second-order valence-electron chi connectivity index (χ2n) is 9.51. The van der Waals surface area contributed by atoms with Gasteiger partial charge >= 0.3 is 6.09 Å². The fourth-order valence-corrected chi connectivity index (χ4v) is 4.51. The van der Waals surface area contributed by atoms with E-state index in [2.05, 4.69) is 5.10 Å². The summed E-state index contributed by atoms with van der Waals surface area (Å²) in [5.41, 5.74) is 5.48. The molecule has 1 fully saturated rings. The first-order chi connectivity index (χ1) is 15.3. The summed E-state index contributed by atoms with van der Waals surface area (Å²) in [5, 5.41) is 4.55. The molecule has 2 aromatic rings. The van der Waals surface area contributed by atoms with Gasteiger partial charge in [0.25, 0.3) is 5.91 Å². The van der Waals surface area contributed by atoms with Crippen LogP contribution in [0.4, 0.5) is 9.18 Å². The number of rotatable bonds is 2. The molecule has 9 nitrogen and oxygen atoms in total. The molecule has 33 heavy (non-hydrogen) atoms. The Labute approximate surface area is 195 Å². The third kappa shape index (κ3) is 4.03. The van der Waals surface area contributed by atoms with E-state index in [0.29, 0.717) is 24.3 Å². The number of halogens is 2. The van der Waals surface area contributed by atoms with Gasteiger partial charge in [0.2, 0.25) is 5.91 Å². The van der Waals surface area contributed by atoms with Crippen LogP contribution in [0.5, 0.6) is 0 Å². The number of carbonyl (C=O) groups is 3. The van der Waals surface area contributed by atoms with Crippen LogP contribution >= 0.6 is 11.6 Å². The van der Waals surface area contributed by atoms with Gasteiger partial charge in [-0.1, -0.05) is 11.6 Å². The van der Waals surface area contributed by atoms with E-state index in [1.165, 1.54) is 30.0 Å². The summed E-state index contributed by atoms with van der Waals surface area (Å²) in [6.07, 6.45) is -0.544. The summed E-state index contributed by atoms with van der Waals surface area (Å²) in [6, 6.07) is 4.02. The van der Waals surface area contributed by atoms with E-state index in [1.54, 1.807) is 30.4 Å². The maximum absolute atomic E-state index is 13.7. The first-order valence-electron chi connectivity index (χ1n) is 10.4. The van der Waals surface area contributed by atoms with E-state index in [9.17, 15) is 18.8 Å². The van der Waals surface area contributed by atoms with Gasteiger partial charge in [0, 0.05) is 25.6 Å². The first kappa shape index (κ1) is 23.0. The molecule has 11 heteroatoms. The second kappa shape index (κ2) is 7.72. The van der Waals surface area contributed by atoms with Gasteiger partial charge in [0.05, 0.1) is 29.4 Å². The Hall–Kier alpha value is -3.14. The third-order valence-corrected chi connectivity index (χ3v) is 6.05. The van der Waals surface area contributed by atoms with Crippen molar-refractivity contribution in [1.29, 1.82) is 0 Å². The highest BCUT2D eigenvalue weighted by Crippen LogP contribution is 2.40. The Kier molecular flexibility index (Phi) is 5.39. The lowest BCUT2D eigenvalue weighted by atomic mass is 9.86. The number of carbonyl (C=O) groups excluding carboxylic acids is 3. The molecule has 0 atom stereocenters. The number of fused-ring (bicyclic) bond motifs is 2. The summed E-state index contributed by atoms with van der Waals surface area (Å²) in [5.74, 6) is -1.45. The average Bonchev–Trinajstić information content (AvgIpc) is 3.06. The SMILES string of the molecule is CC(=O)N1CC2(C1)CN(C(=O)OC(C)(C)C)Cc1c(C(N)=O)c(-c3ccc(F)c(Cl)c3)nn12. The van der Waals surface area contributed by atoms with E-state index >= 15 is 0 Å². The van der Waals surface area contributed by atoms with Gasteiger partial charge in [-0.25, -0.2) is 9.18 Å². The lowest BCUT2D eigenvalue weighted by Gasteiger charge is -2.54. The number of aromatic nitrogens is 2. The molecule has 1 spiro atoms. The van der Waals surface area contributed by atoms with Gasteiger partial charge in [-0.2, -0.15) is 5.10 Å². The fourth-order valence-electron chi connectivity index (χ4n) is 4.33. The molecule has 2 N–H and O–H groups in total. The predicted molar refractivity (Wildman–Crippen MR) is 118 cm³/mol. The molecule has 4 rings (SSSR count). The highest BCUT2D eigenvalue weighted by Gasteiger charge is 2.53. The largest absolute Gasteiger partial charge is 0.444 e. The fraction of sp³-hybridized carbons (Fsp3) is 0.455. The zero-order valence-corrected chi connectivity index (χ0v) is 19.6. The standard InChI is InChI=1S/C22H25ClFN5O4/c1-12(30)28-10-22(11-28)9-27(20(32)33-21(2,3)4)8-16-17(19(25)31)18(26-29(16)22)13-5-6-15(24)14(23)7-13/h5-7H,8-11H2,1-4H3,(H2,25,31). The number of likely N-dealkylation sites (tertiary alicyclic amines) is 1. The number of primary amides is 1. The van der Waals surface area contributed by atoms with Crippen molar-refractivity contribution in [2.24, 2.45) is 5.73 Å². The Morgan fingerprint density at radius 1 is 1.18 bits per heavy atom. The van der Waals surface area contributed by atoms with Gasteiger partial charge in [0.15, 0.2) is 0 Å². The van der Waals surface area contributed by atoms with Crippen molar-refractivity contribution in [2.75, 3.05) is 19.6 Å². The van der Waals surface area contributed by atoms with Crippen LogP contribution in [0.3, 0.4) is 0 Å². The second-order valence-corrected chi connectivity index (χ2v) is 9.92. The maximum atomic E-state index is 13.7. The highest BCUT2D eigenvalue weighted by atomic mass is 35.5. The normalized spacial score (nSPS) is 16.9. The van der Waals surface area contributed by atoms with Crippen LogP contribution in [-0.2, 0) is 21.6 Å². The number of nitrogens with zero attached hydrogens (tertiary/aromatic N) is 4. The lowest BCUT2D eigenvalue weighted by Crippen LogP contribution is -2.70. The molecule has 1 aromatic carbocycles. The molecular weight excluding hydrogens is 453 g/mol. The van der Waals surface area contributed by atoms with Crippen molar-refractivity contribution in [3.8, 4) is 11.3 Å². The van der Waals surface area contributed by atoms with Crippen LogP contribution < -0.4 is 5.73 Å². The molecule has 1 aromatic heterocycles. The molecule has 0 radical (unpaired) electrons. The topological polar surface area (TPSA) is 111 Å². The lowest BCUT2D eigenvalue weighted by molar-refractivity contribution is -0.142. The van der Waals surface area contributed by atoms with Crippen molar-refractivity contribution in [2.45, 2.75) is 45.4 Å². The number of hydrogen-bond acceptors (Lipinski definition) is 5. The van der Waals surface area contributed by atoms with E-state index < -0.39 is 29.0 Å². The van der Waals surface area contributed by atoms with Crippen molar-refractivity contribution >= 4 is 29.5 Å². The van der Waals surface area contributed by atoms with Crippen molar-refractivity contribution in [1.82, 2.24) is 19.6 Å². The number of ether oxygens (including phenoxy) is 1. The van der Waals surface area contributed by atoms with Crippen molar-refractivity contribution in [3.63, 3.8) is 0 Å². The van der Waals surface area contributed by atoms with E-state index in [4.69, 9.17) is 22.1 Å². The molecule has 3 heterocycles. The number of amides is 3. The Morgan fingerprint density at radius 3 is 2.36 bits per heavy atom. The molecule has 0 aliphatic carbocycles. The molecule has 1 saturated heterocycles. The number of nitrogens with two attached hydrogens (primary N) is 1. The minimum absolute atomic E-state index is 0.0386. The van der Waals surface area contributed by atoms with Gasteiger partial charge in [-0.05, 0) is 39.0 Å². The van der Waals surface area contributed by atoms with Crippen molar-refractivity contribution in [3.05, 3.63) is 40.3 Å². The minimum Gasteiger partial charge on any atom is -0.444 e. The number of benzene rings is 1. The van der Waals surface area contributed by atoms with Gasteiger partial charge in [-0.15, -0.1) is 0 Å². The van der Waals surface area contributed by atoms with Crippen LogP contribution in [-0.4, -0.2) is 62.7 Å². The van der Waals surface area contributed by atoms with Gasteiger partial charge < -0.3 is 15.4 Å². The molecule has 0 unspecified atom stereocenters. The smallest absolute Gasteiger partial charge is 0.410 e. The molecule has 3 amide bonds. The summed E-state index contributed by atoms with van der Waals surface area (Å²) in [6.45, 7) is 7.64. The monoisotopic (exact) mass is 477 g/mol. The zero-order chi connectivity index (χ0) is 24.3. The molecule has 0 bridgehead atoms. The van der Waals surface area contributed by atoms with Gasteiger partial charge in [0.1, 0.15) is 22.7 Å². The Balaban J connectivity index is 1.84. The van der Waals surface area contributed by atoms with E-state index in [0.717, 1.165) is 0 Å². The van der Waals surface area contributed by atoms with Crippen LogP contribution in [0.15, 0.2) is 18.2 Å². The minimum atomic E-state index is -0.748. The Morgan fingerprint density at radius 2 is 1.82 bits per heavy atom. The summed E-state index contributed by atoms with van der Waals surface area (Å²) in [4.78, 5) is 40.5. The highest BCUT2D eigenvalue weighted by molar-refractivity contribution is 6.31. The molecular formula is C22H25ClFN5O4. The summed E-state index contributed by atoms with van der Waals surface area (Å²) >= 11 is 5.96. The third-order valence-electron chi connectivity index (χ3n) is 5.76. The van der Waals surface area contributed by atoms with Crippen LogP contribution in [0.25, 0.3) is 11.3 Å². The van der Waals surface area contributed by atoms with E-state index in [-0.39, 0.29) is 35.3 Å². The summed E-state index contributed by atoms with van der Waals surface area (Å²) in [7, 11) is 0. The predicted octanol–water partition coefficient (Wildman–Crippen LogP) is 2.75. The summed E-state index contributed by atoms with van der Waals surface area (Å²) < 4.78 is 21.0. The molecule has 176 valence electrons. The Bertz CT molecular complexity index is 1170. The maximum Gasteiger partial charge on any atom is 0.410 e. The van der Waals surface area contributed by atoms with Crippen molar-refractivity contribution < 1.29 is 23.5 Å². The van der Waals surface area contributed by atoms with Crippen LogP contribution in [0.1, 0.15) is 43.7 Å². The van der Waals surface area contributed by atoms with Crippen LogP contribution in [0.2, 0.25) is 5.02 Å². The quantitative estimate of drug-likeness (QED) is 0.715. The molecule has 0 saturated carbocycles. The molecule has 2 aliphatic rings. The van der Waals surface area contributed by atoms with Gasteiger partial charge in [-0.3, -0.25) is 19.2 Å². The van der Waals surface area contributed by atoms with Crippen LogP contribution in [0, 0.1) is 5.82 Å². The number of hydrogen-bond donors (Lipinski definition) is 1. The van der Waals surface area contributed by atoms with E-state index in [1.807, 2.05) is 0 Å². The average molecular weight is 478 g/mol. The zero-order valence-electron chi connectivity index (χ0n) is 18.8. The first-order valence-corrected chi connectivity index (χ1v) is 10.8. The molecule has 2 aliphatic heterocycles.